The average Bonchev–Trinajstić information content (AvgIpc) is 3.63. The van der Waals surface area contributed by atoms with Crippen molar-refractivity contribution in [2.75, 3.05) is 50.9 Å². The smallest absolute Gasteiger partial charge is 0.319 e. The Bertz CT molecular complexity index is 2180. The van der Waals surface area contributed by atoms with E-state index in [4.69, 9.17) is 20.9 Å². The number of nitrogens with one attached hydrogen (secondary N) is 1. The Morgan fingerprint density at radius 1 is 1.23 bits per heavy atom. The second-order valence-corrected chi connectivity index (χ2v) is 14.4. The molecule has 1 aromatic heterocycles. The SMILES string of the molecule is C#Cc1c(F)ccc2cc(O)cc(-c3c(C(C)(C)C#N)cc4c(N5CCOCC(NC(=O)C=C)C5)nc(OCC56CCCN5CCC6)nc4c3F)c12. The number of aromatic nitrogens is 2. The molecule has 1 amide bonds. The van der Waals surface area contributed by atoms with Crippen LogP contribution < -0.4 is 15.0 Å². The summed E-state index contributed by atoms with van der Waals surface area (Å²) in [7, 11) is 0. The van der Waals surface area contributed by atoms with Crippen LogP contribution >= 0.6 is 0 Å². The lowest BCUT2D eigenvalue weighted by atomic mass is 9.79. The number of phenols is 1. The van der Waals surface area contributed by atoms with E-state index in [1.165, 1.54) is 30.3 Å². The van der Waals surface area contributed by atoms with Crippen LogP contribution in [0.1, 0.15) is 50.7 Å². The lowest BCUT2D eigenvalue weighted by Crippen LogP contribution is -2.44. The average molecular weight is 707 g/mol. The summed E-state index contributed by atoms with van der Waals surface area (Å²) in [6.45, 7) is 10.3. The first-order valence-corrected chi connectivity index (χ1v) is 17.5. The molecule has 12 heteroatoms. The molecule has 268 valence electrons. The van der Waals surface area contributed by atoms with Gasteiger partial charge in [0, 0.05) is 29.4 Å². The number of carbonyl (C=O) groups is 1. The largest absolute Gasteiger partial charge is 0.508 e. The quantitative estimate of drug-likeness (QED) is 0.175. The van der Waals surface area contributed by atoms with Gasteiger partial charge in [-0.2, -0.15) is 15.2 Å². The number of anilines is 1. The van der Waals surface area contributed by atoms with E-state index in [1.54, 1.807) is 19.9 Å². The highest BCUT2D eigenvalue weighted by Crippen LogP contribution is 2.46. The molecule has 0 saturated carbocycles. The molecule has 1 atom stereocenters. The number of carbonyl (C=O) groups excluding carboxylic acids is 1. The van der Waals surface area contributed by atoms with Gasteiger partial charge in [-0.05, 0) is 99.5 Å². The predicted molar refractivity (Wildman–Crippen MR) is 194 cm³/mol. The van der Waals surface area contributed by atoms with Crippen LogP contribution in [-0.4, -0.2) is 83.5 Å². The fourth-order valence-corrected chi connectivity index (χ4v) is 8.09. The fraction of sp³-hybridized carbons (Fsp3) is 0.400. The molecule has 0 radical (unpaired) electrons. The molecule has 3 aromatic carbocycles. The lowest BCUT2D eigenvalue weighted by Gasteiger charge is -2.32. The molecule has 3 aliphatic heterocycles. The number of aromatic hydroxyl groups is 1. The van der Waals surface area contributed by atoms with Gasteiger partial charge in [-0.15, -0.1) is 6.42 Å². The van der Waals surface area contributed by atoms with Gasteiger partial charge in [0.15, 0.2) is 5.82 Å². The van der Waals surface area contributed by atoms with Crippen molar-refractivity contribution in [3.05, 3.63) is 65.7 Å². The maximum atomic E-state index is 17.7. The predicted octanol–water partition coefficient (Wildman–Crippen LogP) is 5.73. The molecule has 0 aliphatic carbocycles. The first-order chi connectivity index (χ1) is 25.0. The minimum atomic E-state index is -1.30. The van der Waals surface area contributed by atoms with E-state index < -0.39 is 23.1 Å². The van der Waals surface area contributed by atoms with Crippen molar-refractivity contribution in [3.63, 3.8) is 0 Å². The van der Waals surface area contributed by atoms with Gasteiger partial charge in [-0.25, -0.2) is 8.78 Å². The normalized spacial score (nSPS) is 18.8. The van der Waals surface area contributed by atoms with Gasteiger partial charge in [0.2, 0.25) is 5.91 Å². The van der Waals surface area contributed by atoms with E-state index in [0.29, 0.717) is 36.3 Å². The number of benzene rings is 3. The van der Waals surface area contributed by atoms with Gasteiger partial charge in [0.25, 0.3) is 0 Å². The van der Waals surface area contributed by atoms with Crippen LogP contribution in [0.3, 0.4) is 0 Å². The number of amides is 1. The standard InChI is InChI=1S/C40H40F2N6O4/c1-5-27-31(41)10-9-24-17-26(49)18-28(33(24)27)34-30(39(3,4)22-43)19-29-36(35(34)42)45-38(52-23-40-11-7-13-48(40)14-8-12-40)46-37(29)47-15-16-51-21-25(20-47)44-32(50)6-2/h1,6,9-10,17-19,25,49H,2,7-8,11-16,20-21,23H2,3-4H3,(H,44,50). The Labute approximate surface area is 301 Å². The highest BCUT2D eigenvalue weighted by molar-refractivity contribution is 6.05. The van der Waals surface area contributed by atoms with E-state index in [-0.39, 0.29) is 69.5 Å². The molecule has 4 heterocycles. The number of nitriles is 1. The van der Waals surface area contributed by atoms with E-state index in [9.17, 15) is 15.2 Å². The highest BCUT2D eigenvalue weighted by Gasteiger charge is 2.45. The highest BCUT2D eigenvalue weighted by atomic mass is 19.1. The van der Waals surface area contributed by atoms with Gasteiger partial charge in [0.05, 0.1) is 41.8 Å². The Morgan fingerprint density at radius 3 is 2.71 bits per heavy atom. The molecule has 10 nitrogen and oxygen atoms in total. The number of rotatable bonds is 8. The number of ether oxygens (including phenoxy) is 2. The molecule has 3 saturated heterocycles. The molecule has 1 unspecified atom stereocenters. The van der Waals surface area contributed by atoms with Crippen molar-refractivity contribution in [1.29, 1.82) is 5.26 Å². The van der Waals surface area contributed by atoms with Crippen molar-refractivity contribution in [3.8, 4) is 41.3 Å². The topological polar surface area (TPSA) is 124 Å². The Balaban J connectivity index is 1.49. The molecule has 0 spiro atoms. The minimum absolute atomic E-state index is 0.0271. The molecule has 3 aliphatic rings. The van der Waals surface area contributed by atoms with Crippen LogP contribution in [0, 0.1) is 35.3 Å². The lowest BCUT2D eigenvalue weighted by molar-refractivity contribution is -0.117. The summed E-state index contributed by atoms with van der Waals surface area (Å²) < 4.78 is 45.2. The minimum Gasteiger partial charge on any atom is -0.508 e. The van der Waals surface area contributed by atoms with Crippen LogP contribution in [0.4, 0.5) is 14.6 Å². The molecule has 4 aromatic rings. The van der Waals surface area contributed by atoms with Crippen molar-refractivity contribution < 1.29 is 28.2 Å². The summed E-state index contributed by atoms with van der Waals surface area (Å²) in [4.78, 5) is 26.2. The van der Waals surface area contributed by atoms with Crippen LogP contribution in [0.15, 0.2) is 43.0 Å². The second-order valence-electron chi connectivity index (χ2n) is 14.4. The third-order valence-corrected chi connectivity index (χ3v) is 10.7. The zero-order chi connectivity index (χ0) is 36.8. The summed E-state index contributed by atoms with van der Waals surface area (Å²) in [5.41, 5.74) is -1.31. The molecule has 3 fully saturated rings. The van der Waals surface area contributed by atoms with Gasteiger partial charge >= 0.3 is 6.01 Å². The van der Waals surface area contributed by atoms with Gasteiger partial charge in [0.1, 0.15) is 29.5 Å². The van der Waals surface area contributed by atoms with E-state index in [0.717, 1.165) is 38.8 Å². The molecular weight excluding hydrogens is 666 g/mol. The molecule has 2 N–H and O–H groups in total. The van der Waals surface area contributed by atoms with Crippen molar-refractivity contribution >= 4 is 33.4 Å². The summed E-state index contributed by atoms with van der Waals surface area (Å²) >= 11 is 0. The van der Waals surface area contributed by atoms with Crippen molar-refractivity contribution in [2.45, 2.75) is 56.5 Å². The first kappa shape index (κ1) is 35.1. The third-order valence-electron chi connectivity index (χ3n) is 10.7. The molecule has 52 heavy (non-hydrogen) atoms. The zero-order valence-corrected chi connectivity index (χ0v) is 29.3. The van der Waals surface area contributed by atoms with E-state index >= 15 is 8.78 Å². The summed E-state index contributed by atoms with van der Waals surface area (Å²) in [5, 5.41) is 25.1. The van der Waals surface area contributed by atoms with Crippen molar-refractivity contribution in [1.82, 2.24) is 20.2 Å². The molecule has 7 rings (SSSR count). The van der Waals surface area contributed by atoms with Gasteiger partial charge in [-0.3, -0.25) is 9.69 Å². The Morgan fingerprint density at radius 2 is 2.00 bits per heavy atom. The maximum Gasteiger partial charge on any atom is 0.319 e. The number of hydrogen-bond donors (Lipinski definition) is 2. The number of hydrogen-bond acceptors (Lipinski definition) is 9. The number of halogens is 2. The van der Waals surface area contributed by atoms with E-state index in [2.05, 4.69) is 33.8 Å². The monoisotopic (exact) mass is 706 g/mol. The van der Waals surface area contributed by atoms with Crippen molar-refractivity contribution in [2.24, 2.45) is 0 Å². The number of fused-ring (bicyclic) bond motifs is 3. The van der Waals surface area contributed by atoms with Crippen LogP contribution in [0.25, 0.3) is 32.8 Å². The summed E-state index contributed by atoms with van der Waals surface area (Å²) in [6.07, 6.45) is 11.1. The number of terminal acetylenes is 1. The van der Waals surface area contributed by atoms with Gasteiger partial charge < -0.3 is 24.8 Å². The number of phenolic OH excluding ortho intramolecular Hbond substituents is 1. The van der Waals surface area contributed by atoms with E-state index in [1.807, 2.05) is 4.90 Å². The van der Waals surface area contributed by atoms with Crippen LogP contribution in [0.2, 0.25) is 0 Å². The first-order valence-electron chi connectivity index (χ1n) is 17.5. The molecular formula is C40H40F2N6O4. The second kappa shape index (κ2) is 13.7. The van der Waals surface area contributed by atoms with Crippen LogP contribution in [0.5, 0.6) is 11.8 Å². The number of nitrogens with zero attached hydrogens (tertiary/aromatic N) is 5. The van der Waals surface area contributed by atoms with Crippen LogP contribution in [-0.2, 0) is 14.9 Å². The third kappa shape index (κ3) is 6.16. The molecule has 0 bridgehead atoms. The fourth-order valence-electron chi connectivity index (χ4n) is 8.09. The maximum absolute atomic E-state index is 17.7. The summed E-state index contributed by atoms with van der Waals surface area (Å²) in [5.74, 6) is 0.686. The van der Waals surface area contributed by atoms with Gasteiger partial charge in [-0.1, -0.05) is 18.6 Å². The summed E-state index contributed by atoms with van der Waals surface area (Å²) in [6, 6.07) is 8.92. The zero-order valence-electron chi connectivity index (χ0n) is 29.3. The Hall–Kier alpha value is -5.30. The Kier molecular flexibility index (Phi) is 9.24.